The number of carbonyl (C=O) groups is 1. The van der Waals surface area contributed by atoms with Crippen LogP contribution in [-0.2, 0) is 6.54 Å². The van der Waals surface area contributed by atoms with Crippen molar-refractivity contribution in [2.45, 2.75) is 13.5 Å². The van der Waals surface area contributed by atoms with E-state index in [0.717, 1.165) is 18.7 Å². The maximum Gasteiger partial charge on any atom is 0.254 e. The van der Waals surface area contributed by atoms with Crippen LogP contribution in [0.5, 0.6) is 0 Å². The van der Waals surface area contributed by atoms with E-state index in [2.05, 4.69) is 9.88 Å². The van der Waals surface area contributed by atoms with Crippen LogP contribution in [-0.4, -0.2) is 46.9 Å². The zero-order valence-corrected chi connectivity index (χ0v) is 13.6. The second kappa shape index (κ2) is 6.97. The van der Waals surface area contributed by atoms with Crippen molar-refractivity contribution in [1.82, 2.24) is 14.8 Å². The first-order valence-electron chi connectivity index (χ1n) is 7.98. The van der Waals surface area contributed by atoms with E-state index in [1.807, 2.05) is 6.07 Å². The Bertz CT molecular complexity index is 795. The normalized spacial score (nSPS) is 15.5. The van der Waals surface area contributed by atoms with Crippen LogP contribution >= 0.6 is 0 Å². The fourth-order valence-corrected chi connectivity index (χ4v) is 2.99. The van der Waals surface area contributed by atoms with Gasteiger partial charge in [-0.2, -0.15) is 0 Å². The molecule has 0 bridgehead atoms. The number of hydrogen-bond donors (Lipinski definition) is 1. The fourth-order valence-electron chi connectivity index (χ4n) is 2.99. The van der Waals surface area contributed by atoms with E-state index in [1.54, 1.807) is 24.0 Å². The SMILES string of the molecule is Cc1cc(C(=O)N2CCN(Cc3cccc(F)c3)CC2)cc(=O)[nH]1. The molecule has 126 valence electrons. The third-order valence-electron chi connectivity index (χ3n) is 4.18. The molecule has 2 heterocycles. The minimum Gasteiger partial charge on any atom is -0.336 e. The lowest BCUT2D eigenvalue weighted by Crippen LogP contribution is -2.48. The molecule has 1 aliphatic rings. The van der Waals surface area contributed by atoms with E-state index in [4.69, 9.17) is 0 Å². The molecule has 0 spiro atoms. The highest BCUT2D eigenvalue weighted by atomic mass is 19.1. The summed E-state index contributed by atoms with van der Waals surface area (Å²) in [7, 11) is 0. The minimum absolute atomic E-state index is 0.116. The molecule has 24 heavy (non-hydrogen) atoms. The number of piperazine rings is 1. The second-order valence-electron chi connectivity index (χ2n) is 6.11. The van der Waals surface area contributed by atoms with Crippen LogP contribution in [0.15, 0.2) is 41.2 Å². The topological polar surface area (TPSA) is 56.4 Å². The summed E-state index contributed by atoms with van der Waals surface area (Å²) in [6, 6.07) is 9.62. The van der Waals surface area contributed by atoms with Gasteiger partial charge in [0.2, 0.25) is 5.56 Å². The molecule has 0 unspecified atom stereocenters. The van der Waals surface area contributed by atoms with E-state index < -0.39 is 0 Å². The molecule has 0 radical (unpaired) electrons. The zero-order chi connectivity index (χ0) is 17.1. The molecule has 3 rings (SSSR count). The van der Waals surface area contributed by atoms with Gasteiger partial charge < -0.3 is 9.88 Å². The Balaban J connectivity index is 1.60. The minimum atomic E-state index is -0.261. The molecule has 5 nitrogen and oxygen atoms in total. The molecule has 1 amide bonds. The number of nitrogens with zero attached hydrogens (tertiary/aromatic N) is 2. The predicted molar refractivity (Wildman–Crippen MR) is 89.4 cm³/mol. The molecule has 6 heteroatoms. The first-order chi connectivity index (χ1) is 11.5. The number of benzene rings is 1. The number of aromatic nitrogens is 1. The van der Waals surface area contributed by atoms with Crippen LogP contribution in [0.3, 0.4) is 0 Å². The Morgan fingerprint density at radius 2 is 1.92 bits per heavy atom. The standard InChI is InChI=1S/C18H20FN3O2/c1-13-9-15(11-17(23)20-13)18(24)22-7-5-21(6-8-22)12-14-3-2-4-16(19)10-14/h2-4,9-11H,5-8,12H2,1H3,(H,20,23). The Labute approximate surface area is 139 Å². The molecular formula is C18H20FN3O2. The van der Waals surface area contributed by atoms with Gasteiger partial charge in [0.1, 0.15) is 5.82 Å². The maximum absolute atomic E-state index is 13.2. The average Bonchev–Trinajstić information content (AvgIpc) is 2.54. The monoisotopic (exact) mass is 329 g/mol. The van der Waals surface area contributed by atoms with E-state index >= 15 is 0 Å². The van der Waals surface area contributed by atoms with Gasteiger partial charge in [-0.3, -0.25) is 14.5 Å². The highest BCUT2D eigenvalue weighted by Crippen LogP contribution is 2.12. The van der Waals surface area contributed by atoms with Gasteiger partial charge in [0.05, 0.1) is 0 Å². The Morgan fingerprint density at radius 1 is 1.17 bits per heavy atom. The molecule has 0 aliphatic carbocycles. The maximum atomic E-state index is 13.2. The number of carbonyl (C=O) groups excluding carboxylic acids is 1. The van der Waals surface area contributed by atoms with Crippen LogP contribution in [0.1, 0.15) is 21.6 Å². The van der Waals surface area contributed by atoms with Crippen LogP contribution in [0, 0.1) is 12.7 Å². The summed E-state index contributed by atoms with van der Waals surface area (Å²) in [5, 5.41) is 0. The summed E-state index contributed by atoms with van der Waals surface area (Å²) in [6.45, 7) is 5.08. The van der Waals surface area contributed by atoms with Crippen molar-refractivity contribution in [3.05, 3.63) is 69.4 Å². The Morgan fingerprint density at radius 3 is 2.58 bits per heavy atom. The molecule has 1 aromatic carbocycles. The third-order valence-corrected chi connectivity index (χ3v) is 4.18. The molecular weight excluding hydrogens is 309 g/mol. The van der Waals surface area contributed by atoms with Gasteiger partial charge in [-0.1, -0.05) is 12.1 Å². The molecule has 1 saturated heterocycles. The number of amides is 1. The summed E-state index contributed by atoms with van der Waals surface area (Å²) in [5.41, 5.74) is 1.77. The van der Waals surface area contributed by atoms with Gasteiger partial charge >= 0.3 is 0 Å². The number of pyridine rings is 1. The van der Waals surface area contributed by atoms with Crippen molar-refractivity contribution < 1.29 is 9.18 Å². The molecule has 1 aliphatic heterocycles. The van der Waals surface area contributed by atoms with E-state index in [0.29, 0.717) is 30.9 Å². The molecule has 1 aromatic heterocycles. The van der Waals surface area contributed by atoms with Gasteiger partial charge in [-0.15, -0.1) is 0 Å². The van der Waals surface area contributed by atoms with Crippen LogP contribution in [0.2, 0.25) is 0 Å². The highest BCUT2D eigenvalue weighted by molar-refractivity contribution is 5.94. The zero-order valence-electron chi connectivity index (χ0n) is 13.6. The summed E-state index contributed by atoms with van der Waals surface area (Å²) in [5.74, 6) is -0.347. The quantitative estimate of drug-likeness (QED) is 0.934. The van der Waals surface area contributed by atoms with Gasteiger partial charge in [-0.05, 0) is 30.7 Å². The summed E-state index contributed by atoms with van der Waals surface area (Å²) in [4.78, 5) is 30.6. The van der Waals surface area contributed by atoms with Crippen LogP contribution < -0.4 is 5.56 Å². The fraction of sp³-hybridized carbons (Fsp3) is 0.333. The van der Waals surface area contributed by atoms with Crippen molar-refractivity contribution in [2.75, 3.05) is 26.2 Å². The molecule has 1 N–H and O–H groups in total. The van der Waals surface area contributed by atoms with Crippen molar-refractivity contribution >= 4 is 5.91 Å². The summed E-state index contributed by atoms with van der Waals surface area (Å²) >= 11 is 0. The largest absolute Gasteiger partial charge is 0.336 e. The van der Waals surface area contributed by atoms with Crippen molar-refractivity contribution in [3.8, 4) is 0 Å². The second-order valence-corrected chi connectivity index (χ2v) is 6.11. The Hall–Kier alpha value is -2.47. The van der Waals surface area contributed by atoms with Gasteiger partial charge in [0.25, 0.3) is 5.91 Å². The van der Waals surface area contributed by atoms with E-state index in [9.17, 15) is 14.0 Å². The van der Waals surface area contributed by atoms with E-state index in [-0.39, 0.29) is 17.3 Å². The first kappa shape index (κ1) is 16.4. The van der Waals surface area contributed by atoms with Gasteiger partial charge in [0, 0.05) is 50.0 Å². The lowest BCUT2D eigenvalue weighted by molar-refractivity contribution is 0.0628. The smallest absolute Gasteiger partial charge is 0.254 e. The predicted octanol–water partition coefficient (Wildman–Crippen LogP) is 1.78. The number of nitrogens with one attached hydrogen (secondary N) is 1. The molecule has 0 atom stereocenters. The number of H-pyrrole nitrogens is 1. The van der Waals surface area contributed by atoms with Gasteiger partial charge in [-0.25, -0.2) is 4.39 Å². The average molecular weight is 329 g/mol. The van der Waals surface area contributed by atoms with Crippen molar-refractivity contribution in [3.63, 3.8) is 0 Å². The number of halogens is 1. The number of hydrogen-bond acceptors (Lipinski definition) is 3. The van der Waals surface area contributed by atoms with Crippen LogP contribution in [0.4, 0.5) is 4.39 Å². The van der Waals surface area contributed by atoms with Crippen molar-refractivity contribution in [1.29, 1.82) is 0 Å². The van der Waals surface area contributed by atoms with E-state index in [1.165, 1.54) is 18.2 Å². The lowest BCUT2D eigenvalue weighted by atomic mass is 10.1. The number of aromatic amines is 1. The molecule has 0 saturated carbocycles. The number of aryl methyl sites for hydroxylation is 1. The highest BCUT2D eigenvalue weighted by Gasteiger charge is 2.22. The molecule has 2 aromatic rings. The summed E-state index contributed by atoms with van der Waals surface area (Å²) in [6.07, 6.45) is 0. The van der Waals surface area contributed by atoms with Crippen LogP contribution in [0.25, 0.3) is 0 Å². The molecule has 1 fully saturated rings. The lowest BCUT2D eigenvalue weighted by Gasteiger charge is -2.34. The number of rotatable bonds is 3. The summed E-state index contributed by atoms with van der Waals surface area (Å²) < 4.78 is 13.2. The first-order valence-corrected chi connectivity index (χ1v) is 7.98. The van der Waals surface area contributed by atoms with Gasteiger partial charge in [0.15, 0.2) is 0 Å². The third kappa shape index (κ3) is 3.89. The van der Waals surface area contributed by atoms with Crippen molar-refractivity contribution in [2.24, 2.45) is 0 Å². The Kier molecular flexibility index (Phi) is 4.76.